The third kappa shape index (κ3) is 4.73. The molecule has 0 aromatic heterocycles. The van der Waals surface area contributed by atoms with E-state index in [1.807, 2.05) is 18.0 Å². The van der Waals surface area contributed by atoms with Crippen LogP contribution in [0.15, 0.2) is 30.3 Å². The molecule has 2 fully saturated rings. The van der Waals surface area contributed by atoms with Crippen LogP contribution < -0.4 is 5.32 Å². The van der Waals surface area contributed by atoms with Crippen molar-refractivity contribution in [2.45, 2.75) is 70.0 Å². The first-order valence-corrected chi connectivity index (χ1v) is 9.21. The van der Waals surface area contributed by atoms with Crippen LogP contribution in [0.3, 0.4) is 0 Å². The maximum Gasteiger partial charge on any atom is 0.222 e. The highest BCUT2D eigenvalue weighted by atomic mass is 35.5. The number of nitrogens with zero attached hydrogens (tertiary/aromatic N) is 1. The smallest absolute Gasteiger partial charge is 0.222 e. The van der Waals surface area contributed by atoms with Crippen LogP contribution >= 0.6 is 12.4 Å². The number of nitrogens with one attached hydrogen (secondary N) is 1. The van der Waals surface area contributed by atoms with Crippen molar-refractivity contribution >= 4 is 18.3 Å². The highest BCUT2D eigenvalue weighted by Gasteiger charge is 2.35. The molecule has 3 atom stereocenters. The molecular formula is C20H31ClN2O. The van der Waals surface area contributed by atoms with Crippen LogP contribution in [0.2, 0.25) is 0 Å². The van der Waals surface area contributed by atoms with E-state index in [1.165, 1.54) is 31.2 Å². The van der Waals surface area contributed by atoms with Gasteiger partial charge in [-0.25, -0.2) is 0 Å². The molecule has 0 saturated carbocycles. The summed E-state index contributed by atoms with van der Waals surface area (Å²) in [6.07, 6.45) is 7.67. The van der Waals surface area contributed by atoms with E-state index in [4.69, 9.17) is 0 Å². The molecule has 3 nitrogen and oxygen atoms in total. The number of piperidine rings is 1. The van der Waals surface area contributed by atoms with E-state index in [0.717, 1.165) is 19.3 Å². The summed E-state index contributed by atoms with van der Waals surface area (Å²) in [6.45, 7) is 2.18. The van der Waals surface area contributed by atoms with E-state index in [9.17, 15) is 4.79 Å². The number of halogens is 1. The number of fused-ring (bicyclic) bond motifs is 2. The van der Waals surface area contributed by atoms with Crippen LogP contribution in [0, 0.1) is 5.92 Å². The molecule has 0 radical (unpaired) electrons. The van der Waals surface area contributed by atoms with Gasteiger partial charge in [-0.3, -0.25) is 4.79 Å². The van der Waals surface area contributed by atoms with Gasteiger partial charge in [0.2, 0.25) is 5.91 Å². The molecule has 2 saturated heterocycles. The lowest BCUT2D eigenvalue weighted by Crippen LogP contribution is -2.42. The van der Waals surface area contributed by atoms with Gasteiger partial charge < -0.3 is 10.2 Å². The Morgan fingerprint density at radius 1 is 1.21 bits per heavy atom. The fourth-order valence-electron chi connectivity index (χ4n) is 4.38. The second-order valence-electron chi connectivity index (χ2n) is 7.44. The van der Waals surface area contributed by atoms with Crippen LogP contribution in [0.5, 0.6) is 0 Å². The topological polar surface area (TPSA) is 32.3 Å². The van der Waals surface area contributed by atoms with Gasteiger partial charge in [-0.2, -0.15) is 0 Å². The van der Waals surface area contributed by atoms with Crippen molar-refractivity contribution in [1.82, 2.24) is 10.2 Å². The Balaban J connectivity index is 0.00000208. The minimum Gasteiger partial charge on any atom is -0.342 e. The molecule has 2 aliphatic rings. The lowest BCUT2D eigenvalue weighted by Gasteiger charge is -2.32. The fourth-order valence-corrected chi connectivity index (χ4v) is 4.38. The number of carbonyl (C=O) groups excluding carboxylic acids is 1. The van der Waals surface area contributed by atoms with Gasteiger partial charge in [0, 0.05) is 31.6 Å². The maximum atomic E-state index is 12.7. The summed E-state index contributed by atoms with van der Waals surface area (Å²) in [7, 11) is 2.00. The van der Waals surface area contributed by atoms with Crippen LogP contribution in [0.4, 0.5) is 0 Å². The van der Waals surface area contributed by atoms with E-state index >= 15 is 0 Å². The lowest BCUT2D eigenvalue weighted by atomic mass is 9.89. The maximum absolute atomic E-state index is 12.7. The molecule has 0 spiro atoms. The number of likely N-dealkylation sites (N-methyl/N-ethyl adjacent to an activating group) is 1. The Bertz CT molecular complexity index is 510. The van der Waals surface area contributed by atoms with Crippen molar-refractivity contribution in [1.29, 1.82) is 0 Å². The van der Waals surface area contributed by atoms with E-state index in [2.05, 4.69) is 36.5 Å². The van der Waals surface area contributed by atoms with Gasteiger partial charge in [0.25, 0.3) is 0 Å². The molecule has 1 aromatic carbocycles. The highest BCUT2D eigenvalue weighted by Crippen LogP contribution is 2.33. The van der Waals surface area contributed by atoms with Gasteiger partial charge in [0.05, 0.1) is 0 Å². The first-order valence-electron chi connectivity index (χ1n) is 9.21. The van der Waals surface area contributed by atoms with Crippen LogP contribution in [0.25, 0.3) is 0 Å². The third-order valence-electron chi connectivity index (χ3n) is 5.76. The summed E-state index contributed by atoms with van der Waals surface area (Å²) in [6, 6.07) is 12.2. The zero-order valence-electron chi connectivity index (χ0n) is 14.9. The molecule has 24 heavy (non-hydrogen) atoms. The van der Waals surface area contributed by atoms with E-state index in [-0.39, 0.29) is 12.4 Å². The summed E-state index contributed by atoms with van der Waals surface area (Å²) in [4.78, 5) is 14.8. The van der Waals surface area contributed by atoms with E-state index in [0.29, 0.717) is 30.0 Å². The summed E-state index contributed by atoms with van der Waals surface area (Å²) in [5.74, 6) is 0.914. The Morgan fingerprint density at radius 3 is 2.42 bits per heavy atom. The predicted octanol–water partition coefficient (Wildman–Crippen LogP) is 3.81. The number of hydrogen-bond donors (Lipinski definition) is 1. The molecule has 1 aromatic rings. The van der Waals surface area contributed by atoms with Gasteiger partial charge in [-0.15, -0.1) is 12.4 Å². The predicted molar refractivity (Wildman–Crippen MR) is 102 cm³/mol. The molecule has 2 heterocycles. The van der Waals surface area contributed by atoms with E-state index < -0.39 is 0 Å². The molecule has 2 bridgehead atoms. The quantitative estimate of drug-likeness (QED) is 0.846. The molecule has 3 rings (SSSR count). The number of benzene rings is 1. The Hall–Kier alpha value is -1.06. The molecule has 4 heteroatoms. The van der Waals surface area contributed by atoms with Gasteiger partial charge >= 0.3 is 0 Å². The summed E-state index contributed by atoms with van der Waals surface area (Å²) < 4.78 is 0. The number of carbonyl (C=O) groups is 1. The van der Waals surface area contributed by atoms with Crippen molar-refractivity contribution in [3.63, 3.8) is 0 Å². The van der Waals surface area contributed by atoms with Crippen molar-refractivity contribution < 1.29 is 4.79 Å². The average Bonchev–Trinajstić information content (AvgIpc) is 2.91. The first-order chi connectivity index (χ1) is 11.2. The molecular weight excluding hydrogens is 320 g/mol. The number of hydrogen-bond acceptors (Lipinski definition) is 2. The molecule has 0 aliphatic carbocycles. The Labute approximate surface area is 152 Å². The highest BCUT2D eigenvalue weighted by molar-refractivity contribution is 5.85. The average molecular weight is 351 g/mol. The van der Waals surface area contributed by atoms with Crippen molar-refractivity contribution in [2.75, 3.05) is 7.05 Å². The molecule has 3 unspecified atom stereocenters. The molecule has 134 valence electrons. The first kappa shape index (κ1) is 19.3. The summed E-state index contributed by atoms with van der Waals surface area (Å²) in [5.41, 5.74) is 1.32. The lowest BCUT2D eigenvalue weighted by molar-refractivity contribution is -0.133. The van der Waals surface area contributed by atoms with Crippen molar-refractivity contribution in [2.24, 2.45) is 5.92 Å². The zero-order valence-corrected chi connectivity index (χ0v) is 15.7. The normalized spacial score (nSPS) is 26.5. The minimum absolute atomic E-state index is 0. The van der Waals surface area contributed by atoms with Gasteiger partial charge in [-0.1, -0.05) is 37.3 Å². The summed E-state index contributed by atoms with van der Waals surface area (Å²) >= 11 is 0. The monoisotopic (exact) mass is 350 g/mol. The Kier molecular flexibility index (Phi) is 7.12. The fraction of sp³-hybridized carbons (Fsp3) is 0.650. The number of rotatable bonds is 6. The second kappa shape index (κ2) is 8.87. The minimum atomic E-state index is 0. The second-order valence-corrected chi connectivity index (χ2v) is 7.44. The van der Waals surface area contributed by atoms with Crippen molar-refractivity contribution in [3.05, 3.63) is 35.9 Å². The van der Waals surface area contributed by atoms with Gasteiger partial charge in [-0.05, 0) is 50.0 Å². The molecule has 1 amide bonds. The zero-order chi connectivity index (χ0) is 16.2. The Morgan fingerprint density at radius 2 is 1.83 bits per heavy atom. The molecule has 2 aliphatic heterocycles. The van der Waals surface area contributed by atoms with Gasteiger partial charge in [0.15, 0.2) is 0 Å². The van der Waals surface area contributed by atoms with Crippen LogP contribution in [0.1, 0.15) is 51.0 Å². The SMILES string of the molecule is CCC(Cc1ccccc1)N(C)C(=O)CC1CC2CCC(C1)N2.Cl. The van der Waals surface area contributed by atoms with Gasteiger partial charge in [0.1, 0.15) is 0 Å². The summed E-state index contributed by atoms with van der Waals surface area (Å²) in [5, 5.41) is 3.66. The molecule has 1 N–H and O–H groups in total. The number of amides is 1. The largest absolute Gasteiger partial charge is 0.342 e. The van der Waals surface area contributed by atoms with E-state index in [1.54, 1.807) is 0 Å². The standard InChI is InChI=1S/C20H30N2O.ClH/c1-3-19(13-15-7-5-4-6-8-15)22(2)20(23)14-16-11-17-9-10-18(12-16)21-17;/h4-8,16-19,21H,3,9-14H2,1-2H3;1H. The third-order valence-corrected chi connectivity index (χ3v) is 5.76. The van der Waals surface area contributed by atoms with Crippen LogP contribution in [-0.2, 0) is 11.2 Å². The van der Waals surface area contributed by atoms with Crippen molar-refractivity contribution in [3.8, 4) is 0 Å². The van der Waals surface area contributed by atoms with Crippen LogP contribution in [-0.4, -0.2) is 36.0 Å².